The zero-order valence-corrected chi connectivity index (χ0v) is 16.1. The van der Waals surface area contributed by atoms with Crippen LogP contribution in [0.15, 0.2) is 65.5 Å². The number of aromatic nitrogens is 1. The second-order valence-corrected chi connectivity index (χ2v) is 6.78. The van der Waals surface area contributed by atoms with Crippen LogP contribution in [0.25, 0.3) is 0 Å². The Kier molecular flexibility index (Phi) is 5.77. The highest BCUT2D eigenvalue weighted by atomic mass is 35.5. The highest BCUT2D eigenvalue weighted by Crippen LogP contribution is 2.16. The van der Waals surface area contributed by atoms with Gasteiger partial charge in [-0.3, -0.25) is 9.59 Å². The van der Waals surface area contributed by atoms with E-state index < -0.39 is 5.91 Å². The zero-order chi connectivity index (χ0) is 19.4. The predicted molar refractivity (Wildman–Crippen MR) is 110 cm³/mol. The van der Waals surface area contributed by atoms with Crippen molar-refractivity contribution in [2.24, 2.45) is 0 Å². The number of hydrogen-bond donors (Lipinski definition) is 1. The lowest BCUT2D eigenvalue weighted by molar-refractivity contribution is 0.102. The molecule has 1 heterocycles. The van der Waals surface area contributed by atoms with Gasteiger partial charge in [-0.1, -0.05) is 48.9 Å². The summed E-state index contributed by atoms with van der Waals surface area (Å²) < 4.78 is 2.02. The first kappa shape index (κ1) is 18.9. The van der Waals surface area contributed by atoms with Crippen LogP contribution in [0.3, 0.4) is 0 Å². The average Bonchev–Trinajstić information content (AvgIpc) is 2.66. The Hall–Kier alpha value is -2.85. The summed E-state index contributed by atoms with van der Waals surface area (Å²) in [6.07, 6.45) is 0.699. The molecule has 0 saturated heterocycles. The molecule has 0 aliphatic rings. The number of hydrogen-bond acceptors (Lipinski definition) is 2. The largest absolute Gasteiger partial charge is 0.343 e. The van der Waals surface area contributed by atoms with Crippen molar-refractivity contribution < 1.29 is 4.79 Å². The van der Waals surface area contributed by atoms with Gasteiger partial charge in [0, 0.05) is 34.7 Å². The predicted octanol–water partition coefficient (Wildman–Crippen LogP) is 4.67. The van der Waals surface area contributed by atoms with E-state index in [0.29, 0.717) is 29.4 Å². The van der Waals surface area contributed by atoms with E-state index in [1.807, 2.05) is 60.9 Å². The van der Waals surface area contributed by atoms with Gasteiger partial charge < -0.3 is 9.88 Å². The number of nitrogens with zero attached hydrogens (tertiary/aromatic N) is 1. The molecule has 0 fully saturated rings. The molecule has 5 heteroatoms. The molecule has 0 unspecified atom stereocenters. The molecule has 0 radical (unpaired) electrons. The molecule has 27 heavy (non-hydrogen) atoms. The molecule has 2 aromatic carbocycles. The van der Waals surface area contributed by atoms with E-state index in [0.717, 1.165) is 11.3 Å². The van der Waals surface area contributed by atoms with Crippen molar-refractivity contribution in [1.29, 1.82) is 0 Å². The highest BCUT2D eigenvalue weighted by molar-refractivity contribution is 6.30. The molecular weight excluding hydrogens is 360 g/mol. The molecule has 0 aliphatic carbocycles. The number of pyridine rings is 1. The van der Waals surface area contributed by atoms with E-state index in [-0.39, 0.29) is 11.0 Å². The lowest BCUT2D eigenvalue weighted by atomic mass is 10.1. The van der Waals surface area contributed by atoms with Crippen LogP contribution >= 0.6 is 11.6 Å². The first-order valence-electron chi connectivity index (χ1n) is 8.83. The summed E-state index contributed by atoms with van der Waals surface area (Å²) in [5, 5.41) is 3.48. The summed E-state index contributed by atoms with van der Waals surface area (Å²) in [4.78, 5) is 25.4. The van der Waals surface area contributed by atoms with Gasteiger partial charge in [0.2, 0.25) is 0 Å². The summed E-state index contributed by atoms with van der Waals surface area (Å²) in [6, 6.07) is 18.3. The van der Waals surface area contributed by atoms with E-state index in [2.05, 4.69) is 5.32 Å². The van der Waals surface area contributed by atoms with Crippen LogP contribution in [0.4, 0.5) is 5.69 Å². The van der Waals surface area contributed by atoms with E-state index in [4.69, 9.17) is 11.6 Å². The average molecular weight is 381 g/mol. The zero-order valence-electron chi connectivity index (χ0n) is 15.3. The summed E-state index contributed by atoms with van der Waals surface area (Å²) in [7, 11) is 0. The maximum absolute atomic E-state index is 12.8. The number of halogens is 1. The van der Waals surface area contributed by atoms with E-state index in [9.17, 15) is 9.59 Å². The van der Waals surface area contributed by atoms with Gasteiger partial charge in [0.25, 0.3) is 5.91 Å². The number of aryl methyl sites for hydroxylation is 1. The maximum atomic E-state index is 12.8. The number of carbonyl (C=O) groups excluding carboxylic acids is 1. The molecule has 138 valence electrons. The summed E-state index contributed by atoms with van der Waals surface area (Å²) in [5.41, 5.74) is 3.17. The van der Waals surface area contributed by atoms with Gasteiger partial charge >= 0.3 is 0 Å². The Bertz CT molecular complexity index is 1010. The van der Waals surface area contributed by atoms with Crippen LogP contribution in [0, 0.1) is 6.92 Å². The van der Waals surface area contributed by atoms with Crippen molar-refractivity contribution in [3.8, 4) is 0 Å². The number of amides is 1. The molecule has 0 bridgehead atoms. The Morgan fingerprint density at radius 3 is 2.37 bits per heavy atom. The van der Waals surface area contributed by atoms with Crippen molar-refractivity contribution in [3.63, 3.8) is 0 Å². The molecule has 0 atom stereocenters. The smallest absolute Gasteiger partial charge is 0.261 e. The van der Waals surface area contributed by atoms with Crippen molar-refractivity contribution in [2.45, 2.75) is 26.8 Å². The quantitative estimate of drug-likeness (QED) is 0.699. The highest BCUT2D eigenvalue weighted by Gasteiger charge is 2.18. The Morgan fingerprint density at radius 1 is 1.07 bits per heavy atom. The molecule has 3 aromatic rings. The third-order valence-corrected chi connectivity index (χ3v) is 4.78. The number of para-hydroxylation sites is 1. The Balaban J connectivity index is 2.00. The van der Waals surface area contributed by atoms with E-state index in [1.54, 1.807) is 18.2 Å². The van der Waals surface area contributed by atoms with Crippen LogP contribution in [-0.2, 0) is 13.0 Å². The van der Waals surface area contributed by atoms with Crippen molar-refractivity contribution in [3.05, 3.63) is 98.4 Å². The lowest BCUT2D eigenvalue weighted by Crippen LogP contribution is -2.27. The van der Waals surface area contributed by atoms with Gasteiger partial charge in [0.05, 0.1) is 0 Å². The molecule has 1 amide bonds. The standard InChI is InChI=1S/C22H21ClN2O2/c1-3-19-13-20(26)21(22(27)24-18-7-5-4-6-8-18)15(2)25(19)14-16-9-11-17(23)12-10-16/h4-13H,3,14H2,1-2H3,(H,24,27). The number of anilines is 1. The fraction of sp³-hybridized carbons (Fsp3) is 0.182. The first-order valence-corrected chi connectivity index (χ1v) is 9.21. The SMILES string of the molecule is CCc1cc(=O)c(C(=O)Nc2ccccc2)c(C)n1Cc1ccc(Cl)cc1. The second kappa shape index (κ2) is 8.23. The third kappa shape index (κ3) is 4.29. The van der Waals surface area contributed by atoms with Gasteiger partial charge in [-0.05, 0) is 43.2 Å². The number of benzene rings is 2. The molecule has 4 nitrogen and oxygen atoms in total. The monoisotopic (exact) mass is 380 g/mol. The number of rotatable bonds is 5. The molecule has 0 spiro atoms. The van der Waals surface area contributed by atoms with Crippen LogP contribution in [0.1, 0.15) is 34.2 Å². The summed E-state index contributed by atoms with van der Waals surface area (Å²) in [6.45, 7) is 4.38. The Morgan fingerprint density at radius 2 is 1.74 bits per heavy atom. The van der Waals surface area contributed by atoms with Crippen LogP contribution in [-0.4, -0.2) is 10.5 Å². The lowest BCUT2D eigenvalue weighted by Gasteiger charge is -2.19. The fourth-order valence-corrected chi connectivity index (χ4v) is 3.23. The summed E-state index contributed by atoms with van der Waals surface area (Å²) >= 11 is 5.97. The normalized spacial score (nSPS) is 10.6. The summed E-state index contributed by atoms with van der Waals surface area (Å²) in [5.74, 6) is -0.392. The molecule has 1 N–H and O–H groups in total. The number of nitrogens with one attached hydrogen (secondary N) is 1. The van der Waals surface area contributed by atoms with Gasteiger partial charge in [0.15, 0.2) is 5.43 Å². The van der Waals surface area contributed by atoms with Crippen molar-refractivity contribution >= 4 is 23.2 Å². The van der Waals surface area contributed by atoms with Crippen LogP contribution in [0.5, 0.6) is 0 Å². The second-order valence-electron chi connectivity index (χ2n) is 6.35. The van der Waals surface area contributed by atoms with E-state index >= 15 is 0 Å². The fourth-order valence-electron chi connectivity index (χ4n) is 3.11. The molecule has 3 rings (SSSR count). The van der Waals surface area contributed by atoms with Crippen molar-refractivity contribution in [1.82, 2.24) is 4.57 Å². The van der Waals surface area contributed by atoms with Crippen LogP contribution in [0.2, 0.25) is 5.02 Å². The number of carbonyl (C=O) groups is 1. The first-order chi connectivity index (χ1) is 13.0. The minimum atomic E-state index is -0.392. The minimum Gasteiger partial charge on any atom is -0.343 e. The third-order valence-electron chi connectivity index (χ3n) is 4.53. The van der Waals surface area contributed by atoms with E-state index in [1.165, 1.54) is 0 Å². The van der Waals surface area contributed by atoms with Gasteiger partial charge in [-0.25, -0.2) is 0 Å². The molecule has 1 aromatic heterocycles. The Labute approximate surface area is 163 Å². The maximum Gasteiger partial charge on any atom is 0.261 e. The molecular formula is C22H21ClN2O2. The van der Waals surface area contributed by atoms with Crippen molar-refractivity contribution in [2.75, 3.05) is 5.32 Å². The van der Waals surface area contributed by atoms with Gasteiger partial charge in [0.1, 0.15) is 5.56 Å². The van der Waals surface area contributed by atoms with Gasteiger partial charge in [-0.15, -0.1) is 0 Å². The topological polar surface area (TPSA) is 51.1 Å². The minimum absolute atomic E-state index is 0.171. The van der Waals surface area contributed by atoms with Crippen LogP contribution < -0.4 is 10.7 Å². The molecule has 0 aliphatic heterocycles. The van der Waals surface area contributed by atoms with Gasteiger partial charge in [-0.2, -0.15) is 0 Å². The molecule has 0 saturated carbocycles.